The van der Waals surface area contributed by atoms with E-state index in [9.17, 15) is 19.5 Å². The molecule has 1 spiro atoms. The minimum Gasteiger partial charge on any atom is -0.455 e. The number of hydrogen-bond acceptors (Lipinski definition) is 8. The molecule has 2 saturated heterocycles. The number of benzene rings is 3. The lowest BCUT2D eigenvalue weighted by Gasteiger charge is -2.37. The van der Waals surface area contributed by atoms with Gasteiger partial charge >= 0.3 is 5.97 Å². The summed E-state index contributed by atoms with van der Waals surface area (Å²) in [5.41, 5.74) is -0.297. The van der Waals surface area contributed by atoms with Crippen molar-refractivity contribution in [2.24, 2.45) is 11.8 Å². The van der Waals surface area contributed by atoms with Gasteiger partial charge in [0.2, 0.25) is 11.8 Å². The Bertz CT molecular complexity index is 1900. The number of hydrogen-bond donors (Lipinski definition) is 2. The highest BCUT2D eigenvalue weighted by molar-refractivity contribution is 9.11. The Balaban J connectivity index is 1.36. The molecule has 4 aliphatic rings. The maximum absolute atomic E-state index is 15.1. The van der Waals surface area contributed by atoms with Crippen LogP contribution in [0.3, 0.4) is 0 Å². The van der Waals surface area contributed by atoms with Gasteiger partial charge in [-0.3, -0.25) is 19.2 Å². The van der Waals surface area contributed by atoms with Gasteiger partial charge in [0.05, 0.1) is 31.2 Å². The van der Waals surface area contributed by atoms with Crippen LogP contribution in [0.1, 0.15) is 31.4 Å². The van der Waals surface area contributed by atoms with Gasteiger partial charge in [-0.1, -0.05) is 88.7 Å². The Hall–Kier alpha value is -4.36. The second kappa shape index (κ2) is 14.3. The monoisotopic (exact) mass is 757 g/mol. The maximum Gasteiger partial charge on any atom is 0.313 e. The molecule has 3 aromatic rings. The van der Waals surface area contributed by atoms with E-state index in [1.54, 1.807) is 30.0 Å². The first-order valence-electron chi connectivity index (χ1n) is 17.2. The van der Waals surface area contributed by atoms with E-state index < -0.39 is 72.2 Å². The molecule has 2 fully saturated rings. The SMILES string of the molecule is COC[C@@H]1NC(=O)CC/C=C\CN(c2ccc3ccccc3c2)C(=O)[C@H]2N([C@H](C)CO)C(=O)[C@@H]3[C@@H](C(=O)O[C@H]1c1ccccc1)[C@@H]1O[C@@]32C=C1Br. The summed E-state index contributed by atoms with van der Waals surface area (Å²) < 4.78 is 19.0. The minimum atomic E-state index is -1.53. The number of ether oxygens (including phenoxy) is 3. The highest BCUT2D eigenvalue weighted by Gasteiger charge is 2.75. The lowest BCUT2D eigenvalue weighted by atomic mass is 9.74. The minimum absolute atomic E-state index is 0.0496. The van der Waals surface area contributed by atoms with Gasteiger partial charge < -0.3 is 34.4 Å². The molecule has 4 aliphatic heterocycles. The standard InChI is InChI=1S/C39H40BrN3O8/c1-23(21-44)43-35-37(47)42(27-17-16-24-11-8-9-14-26(24)19-27)18-10-4-7-15-30(45)41-29(22-49-2)33(25-12-5-3-6-13-25)50-38(48)31-32(36(43)46)39(35)20-28(40)34(31)51-39/h3-6,8-14,16-17,19-20,23,29,31-35,44H,7,15,18,21-22H2,1-2H3,(H,41,45)/b10-4-/t23-,29+,31-,32+,33+,34-,35-,39+/m1/s1. The molecule has 12 heteroatoms. The zero-order valence-corrected chi connectivity index (χ0v) is 29.9. The van der Waals surface area contributed by atoms with Crippen LogP contribution in [0, 0.1) is 11.8 Å². The molecule has 4 heterocycles. The molecule has 0 radical (unpaired) electrons. The Morgan fingerprint density at radius 1 is 0.980 bits per heavy atom. The smallest absolute Gasteiger partial charge is 0.313 e. The van der Waals surface area contributed by atoms with E-state index in [1.807, 2.05) is 72.8 Å². The predicted molar refractivity (Wildman–Crippen MR) is 193 cm³/mol. The van der Waals surface area contributed by atoms with Crippen molar-refractivity contribution in [2.75, 3.05) is 31.8 Å². The molecule has 0 aromatic heterocycles. The first kappa shape index (κ1) is 35.1. The van der Waals surface area contributed by atoms with E-state index in [0.29, 0.717) is 22.2 Å². The summed E-state index contributed by atoms with van der Waals surface area (Å²) in [5.74, 6) is -4.13. The number of nitrogens with zero attached hydrogens (tertiary/aromatic N) is 2. The van der Waals surface area contributed by atoms with Crippen molar-refractivity contribution in [2.45, 2.75) is 55.7 Å². The fraction of sp³-hybridized carbons (Fsp3) is 0.385. The number of cyclic esters (lactones) is 1. The van der Waals surface area contributed by atoms with Gasteiger partial charge in [-0.05, 0) is 47.9 Å². The molecule has 2 N–H and O–H groups in total. The normalized spacial score (nSPS) is 30.9. The number of rotatable bonds is 6. The molecule has 0 aliphatic carbocycles. The van der Waals surface area contributed by atoms with Crippen LogP contribution in [0.5, 0.6) is 0 Å². The highest BCUT2D eigenvalue weighted by Crippen LogP contribution is 2.59. The van der Waals surface area contributed by atoms with Crippen LogP contribution in [0.15, 0.2) is 95.5 Å². The first-order valence-corrected chi connectivity index (χ1v) is 18.0. The lowest BCUT2D eigenvalue weighted by molar-refractivity contribution is -0.162. The number of anilines is 1. The predicted octanol–water partition coefficient (Wildman–Crippen LogP) is 4.19. The summed E-state index contributed by atoms with van der Waals surface area (Å²) in [6.45, 7) is 1.44. The van der Waals surface area contributed by atoms with Crippen LogP contribution in [-0.2, 0) is 33.4 Å². The van der Waals surface area contributed by atoms with Gasteiger partial charge in [0.1, 0.15) is 29.8 Å². The number of halogens is 1. The Kier molecular flexibility index (Phi) is 9.86. The molecule has 7 rings (SSSR count). The summed E-state index contributed by atoms with van der Waals surface area (Å²) >= 11 is 3.60. The van der Waals surface area contributed by atoms with Crippen LogP contribution in [-0.4, -0.2) is 90.4 Å². The van der Waals surface area contributed by atoms with E-state index in [0.717, 1.165) is 10.8 Å². The van der Waals surface area contributed by atoms with Crippen molar-refractivity contribution in [3.63, 3.8) is 0 Å². The Morgan fingerprint density at radius 2 is 1.73 bits per heavy atom. The largest absolute Gasteiger partial charge is 0.455 e. The molecular formula is C39H40BrN3O8. The molecule has 0 unspecified atom stereocenters. The molecule has 3 aromatic carbocycles. The van der Waals surface area contributed by atoms with Crippen molar-refractivity contribution in [3.8, 4) is 0 Å². The van der Waals surface area contributed by atoms with Gasteiger partial charge in [0, 0.05) is 30.2 Å². The van der Waals surface area contributed by atoms with Crippen LogP contribution < -0.4 is 10.2 Å². The number of methoxy groups -OCH3 is 1. The molecule has 3 amide bonds. The number of aliphatic hydroxyl groups is 1. The Morgan fingerprint density at radius 3 is 2.47 bits per heavy atom. The first-order chi connectivity index (χ1) is 24.7. The fourth-order valence-electron chi connectivity index (χ4n) is 7.99. The second-order valence-electron chi connectivity index (χ2n) is 13.5. The summed E-state index contributed by atoms with van der Waals surface area (Å²) in [4.78, 5) is 60.5. The number of allylic oxidation sites excluding steroid dienone is 1. The van der Waals surface area contributed by atoms with Crippen LogP contribution in [0.4, 0.5) is 5.69 Å². The van der Waals surface area contributed by atoms with Gasteiger partial charge in [0.25, 0.3) is 5.91 Å². The third kappa shape index (κ3) is 6.18. The summed E-state index contributed by atoms with van der Waals surface area (Å²) in [7, 11) is 1.50. The van der Waals surface area contributed by atoms with Gasteiger partial charge in [-0.2, -0.15) is 0 Å². The van der Waals surface area contributed by atoms with E-state index in [-0.39, 0.29) is 25.5 Å². The zero-order valence-electron chi connectivity index (χ0n) is 28.3. The molecule has 266 valence electrons. The van der Waals surface area contributed by atoms with Crippen molar-refractivity contribution in [3.05, 3.63) is 101 Å². The summed E-state index contributed by atoms with van der Waals surface area (Å²) in [6, 6.07) is 19.8. The third-order valence-corrected chi connectivity index (χ3v) is 11.0. The average Bonchev–Trinajstić information content (AvgIpc) is 3.74. The molecule has 51 heavy (non-hydrogen) atoms. The number of aliphatic hydroxyl groups excluding tert-OH is 1. The fourth-order valence-corrected chi connectivity index (χ4v) is 8.72. The summed E-state index contributed by atoms with van der Waals surface area (Å²) in [6.07, 6.45) is 4.09. The number of carbonyl (C=O) groups is 4. The molecular weight excluding hydrogens is 718 g/mol. The summed E-state index contributed by atoms with van der Waals surface area (Å²) in [5, 5.41) is 15.3. The third-order valence-electron chi connectivity index (χ3n) is 10.3. The zero-order chi connectivity index (χ0) is 35.9. The second-order valence-corrected chi connectivity index (χ2v) is 14.4. The van der Waals surface area contributed by atoms with Crippen LogP contribution >= 0.6 is 15.9 Å². The number of esters is 1. The van der Waals surface area contributed by atoms with E-state index in [4.69, 9.17) is 14.2 Å². The van der Waals surface area contributed by atoms with E-state index in [2.05, 4.69) is 21.2 Å². The van der Waals surface area contributed by atoms with E-state index in [1.165, 1.54) is 12.0 Å². The van der Waals surface area contributed by atoms with Gasteiger partial charge in [-0.25, -0.2) is 0 Å². The molecule has 11 nitrogen and oxygen atoms in total. The van der Waals surface area contributed by atoms with E-state index >= 15 is 4.79 Å². The quantitative estimate of drug-likeness (QED) is 0.283. The van der Waals surface area contributed by atoms with Crippen LogP contribution in [0.2, 0.25) is 0 Å². The van der Waals surface area contributed by atoms with Gasteiger partial charge in [-0.15, -0.1) is 0 Å². The lowest BCUT2D eigenvalue weighted by Crippen LogP contribution is -2.58. The molecule has 0 saturated carbocycles. The number of likely N-dealkylation sites (tertiary alicyclic amines) is 1. The number of fused-ring (bicyclic) bond motifs is 3. The van der Waals surface area contributed by atoms with Gasteiger partial charge in [0.15, 0.2) is 0 Å². The van der Waals surface area contributed by atoms with Crippen molar-refractivity contribution in [1.29, 1.82) is 0 Å². The molecule has 8 atom stereocenters. The number of nitrogens with one attached hydrogen (secondary N) is 1. The Labute approximate surface area is 304 Å². The number of amides is 3. The topological polar surface area (TPSA) is 135 Å². The van der Waals surface area contributed by atoms with Crippen molar-refractivity contribution < 1.29 is 38.5 Å². The average molecular weight is 759 g/mol. The molecule has 5 bridgehead atoms. The van der Waals surface area contributed by atoms with Crippen molar-refractivity contribution in [1.82, 2.24) is 10.2 Å². The van der Waals surface area contributed by atoms with Crippen LogP contribution in [0.25, 0.3) is 10.8 Å². The van der Waals surface area contributed by atoms with Crippen molar-refractivity contribution >= 4 is 56.1 Å². The highest BCUT2D eigenvalue weighted by atomic mass is 79.9. The maximum atomic E-state index is 15.1. The number of carbonyl (C=O) groups excluding carboxylic acids is 4.